The van der Waals surface area contributed by atoms with Gasteiger partial charge in [0.2, 0.25) is 0 Å². The Bertz CT molecular complexity index is 2040. The van der Waals surface area contributed by atoms with E-state index in [0.717, 1.165) is 106 Å². The molecule has 6 aromatic rings. The van der Waals surface area contributed by atoms with Crippen LogP contribution in [0.1, 0.15) is 35.1 Å². The number of rotatable bonds is 9. The molecule has 0 bridgehead atoms. The van der Waals surface area contributed by atoms with Crippen LogP contribution in [-0.4, -0.2) is 78.3 Å². The molecule has 0 radical (unpaired) electrons. The maximum atomic E-state index is 9.92. The lowest BCUT2D eigenvalue weighted by atomic mass is 9.94. The third kappa shape index (κ3) is 6.63. The third-order valence-electron chi connectivity index (χ3n) is 10.1. The largest absolute Gasteiger partial charge is 0.392 e. The van der Waals surface area contributed by atoms with Crippen molar-refractivity contribution in [3.05, 3.63) is 108 Å². The quantitative estimate of drug-likeness (QED) is 0.136. The minimum Gasteiger partial charge on any atom is -0.392 e. The van der Waals surface area contributed by atoms with Crippen molar-refractivity contribution in [3.63, 3.8) is 0 Å². The van der Waals surface area contributed by atoms with Gasteiger partial charge in [-0.3, -0.25) is 19.8 Å². The highest BCUT2D eigenvalue weighted by molar-refractivity contribution is 5.92. The van der Waals surface area contributed by atoms with Gasteiger partial charge in [-0.15, -0.1) is 0 Å². The monoisotopic (exact) mass is 666 g/mol. The van der Waals surface area contributed by atoms with E-state index in [4.69, 9.17) is 9.97 Å². The molecule has 4 aromatic heterocycles. The lowest BCUT2D eigenvalue weighted by molar-refractivity contribution is 0.174. The number of β-amino-alcohol motifs (C(OH)–C–C–N with tert-alkyl or cyclic N) is 2. The highest BCUT2D eigenvalue weighted by Gasteiger charge is 2.22. The number of aliphatic hydroxyl groups excluding tert-OH is 2. The molecule has 2 fully saturated rings. The summed E-state index contributed by atoms with van der Waals surface area (Å²) >= 11 is 0. The van der Waals surface area contributed by atoms with Gasteiger partial charge in [0.1, 0.15) is 11.0 Å². The van der Waals surface area contributed by atoms with Gasteiger partial charge in [-0.2, -0.15) is 0 Å². The molecule has 2 atom stereocenters. The van der Waals surface area contributed by atoms with Crippen molar-refractivity contribution >= 4 is 44.8 Å². The molecule has 2 aliphatic rings. The van der Waals surface area contributed by atoms with Crippen LogP contribution in [0.4, 0.5) is 23.0 Å². The van der Waals surface area contributed by atoms with Crippen LogP contribution in [0.25, 0.3) is 32.9 Å². The highest BCUT2D eigenvalue weighted by atomic mass is 16.3. The van der Waals surface area contributed by atoms with E-state index in [0.29, 0.717) is 24.7 Å². The fraction of sp³-hybridized carbons (Fsp3) is 0.300. The van der Waals surface area contributed by atoms with Crippen LogP contribution in [0.5, 0.6) is 0 Å². The first-order valence-electron chi connectivity index (χ1n) is 17.4. The summed E-state index contributed by atoms with van der Waals surface area (Å²) in [5.74, 6) is 1.43. The smallest absolute Gasteiger partial charge is 0.156 e. The second kappa shape index (κ2) is 13.7. The van der Waals surface area contributed by atoms with E-state index < -0.39 is 0 Å². The maximum absolute atomic E-state index is 9.92. The molecular weight excluding hydrogens is 624 g/mol. The SMILES string of the molecule is Cc1c(Nc2nccc3cc(CN4CC[C@@H](O)C4)cnc23)cccc1-c1cccc(Nc2nccc3cc(CN4CC[C@@H](O)C4)cnc23)c1C. The maximum Gasteiger partial charge on any atom is 0.156 e. The number of hydrogen-bond acceptors (Lipinski definition) is 10. The van der Waals surface area contributed by atoms with Gasteiger partial charge in [0, 0.05) is 86.2 Å². The average Bonchev–Trinajstić information content (AvgIpc) is 3.73. The second-order valence-electron chi connectivity index (χ2n) is 13.7. The van der Waals surface area contributed by atoms with E-state index in [9.17, 15) is 10.2 Å². The number of hydrogen-bond donors (Lipinski definition) is 4. The minimum atomic E-state index is -0.236. The summed E-state index contributed by atoms with van der Waals surface area (Å²) in [6.45, 7) is 9.05. The fourth-order valence-electron chi connectivity index (χ4n) is 7.38. The average molecular weight is 667 g/mol. The first-order valence-corrected chi connectivity index (χ1v) is 17.4. The Balaban J connectivity index is 1.03. The summed E-state index contributed by atoms with van der Waals surface area (Å²) in [4.78, 5) is 23.5. The second-order valence-corrected chi connectivity index (χ2v) is 13.7. The predicted molar refractivity (Wildman–Crippen MR) is 199 cm³/mol. The first kappa shape index (κ1) is 32.2. The predicted octanol–water partition coefficient (Wildman–Crippen LogP) is 6.48. The standard InChI is InChI=1S/C40H42N8O2/c1-25-33(5-3-7-35(25)45-39-37-29(9-13-41-39)17-27(19-43-37)21-47-15-11-31(49)23-47)34-6-4-8-36(26(34)2)46-40-38-30(10-14-42-40)18-28(20-44-38)22-48-16-12-32(50)24-48/h3-10,13-14,17-20,31-32,49-50H,11-12,15-16,21-24H2,1-2H3,(H,41,45)(H,42,46)/t31-,32-/m1/s1. The van der Waals surface area contributed by atoms with E-state index in [1.807, 2.05) is 36.9 Å². The van der Waals surface area contributed by atoms with Crippen molar-refractivity contribution in [2.75, 3.05) is 36.8 Å². The molecule has 2 aliphatic heterocycles. The molecule has 4 N–H and O–H groups in total. The number of nitrogens with one attached hydrogen (secondary N) is 2. The molecular formula is C40H42N8O2. The van der Waals surface area contributed by atoms with E-state index in [1.54, 1.807) is 0 Å². The van der Waals surface area contributed by atoms with Crippen LogP contribution in [0.2, 0.25) is 0 Å². The van der Waals surface area contributed by atoms with Gasteiger partial charge in [-0.25, -0.2) is 9.97 Å². The lowest BCUT2D eigenvalue weighted by Gasteiger charge is -2.18. The van der Waals surface area contributed by atoms with Crippen LogP contribution in [0, 0.1) is 13.8 Å². The Hall–Kier alpha value is -5.00. The van der Waals surface area contributed by atoms with Gasteiger partial charge in [-0.1, -0.05) is 24.3 Å². The Morgan fingerprint density at radius 3 is 1.52 bits per heavy atom. The van der Waals surface area contributed by atoms with Gasteiger partial charge >= 0.3 is 0 Å². The summed E-state index contributed by atoms with van der Waals surface area (Å²) in [5, 5.41) is 29.1. The molecule has 0 spiro atoms. The lowest BCUT2D eigenvalue weighted by Crippen LogP contribution is -2.21. The zero-order valence-corrected chi connectivity index (χ0v) is 28.5. The van der Waals surface area contributed by atoms with Crippen molar-refractivity contribution in [2.24, 2.45) is 0 Å². The van der Waals surface area contributed by atoms with Crippen molar-refractivity contribution in [1.82, 2.24) is 29.7 Å². The number of fused-ring (bicyclic) bond motifs is 2. The van der Waals surface area contributed by atoms with Crippen LogP contribution in [-0.2, 0) is 13.1 Å². The number of benzene rings is 2. The molecule has 10 heteroatoms. The number of aromatic nitrogens is 4. The molecule has 2 aromatic carbocycles. The summed E-state index contributed by atoms with van der Waals surface area (Å²) in [5.41, 5.74) is 10.3. The van der Waals surface area contributed by atoms with E-state index in [-0.39, 0.29) is 12.2 Å². The van der Waals surface area contributed by atoms with Crippen molar-refractivity contribution in [1.29, 1.82) is 0 Å². The van der Waals surface area contributed by atoms with Gasteiger partial charge in [0.15, 0.2) is 11.6 Å². The van der Waals surface area contributed by atoms with Crippen molar-refractivity contribution in [2.45, 2.75) is 52.0 Å². The summed E-state index contributed by atoms with van der Waals surface area (Å²) in [6, 6.07) is 21.0. The van der Waals surface area contributed by atoms with E-state index in [2.05, 4.69) is 92.8 Å². The minimum absolute atomic E-state index is 0.236. The molecule has 254 valence electrons. The topological polar surface area (TPSA) is 123 Å². The van der Waals surface area contributed by atoms with E-state index in [1.165, 1.54) is 0 Å². The third-order valence-corrected chi connectivity index (χ3v) is 10.1. The zero-order chi connectivity index (χ0) is 34.2. The molecule has 6 heterocycles. The number of likely N-dealkylation sites (tertiary alicyclic amines) is 2. The van der Waals surface area contributed by atoms with Gasteiger partial charge in [-0.05, 0) is 96.5 Å². The Kier molecular flexibility index (Phi) is 8.84. The summed E-state index contributed by atoms with van der Waals surface area (Å²) in [7, 11) is 0. The summed E-state index contributed by atoms with van der Waals surface area (Å²) < 4.78 is 0. The van der Waals surface area contributed by atoms with Gasteiger partial charge < -0.3 is 20.8 Å². The molecule has 0 unspecified atom stereocenters. The number of aliphatic hydroxyl groups is 2. The molecule has 50 heavy (non-hydrogen) atoms. The number of anilines is 4. The Morgan fingerprint density at radius 1 is 0.640 bits per heavy atom. The fourth-order valence-corrected chi connectivity index (χ4v) is 7.38. The van der Waals surface area contributed by atoms with Gasteiger partial charge in [0.05, 0.1) is 12.2 Å². The van der Waals surface area contributed by atoms with Crippen LogP contribution < -0.4 is 10.6 Å². The molecule has 2 saturated heterocycles. The first-order chi connectivity index (χ1) is 24.4. The zero-order valence-electron chi connectivity index (χ0n) is 28.5. The number of nitrogens with zero attached hydrogens (tertiary/aromatic N) is 6. The molecule has 0 amide bonds. The highest BCUT2D eigenvalue weighted by Crippen LogP contribution is 2.36. The van der Waals surface area contributed by atoms with Crippen molar-refractivity contribution < 1.29 is 10.2 Å². The van der Waals surface area contributed by atoms with Gasteiger partial charge in [0.25, 0.3) is 0 Å². The Morgan fingerprint density at radius 2 is 1.10 bits per heavy atom. The van der Waals surface area contributed by atoms with E-state index >= 15 is 0 Å². The molecule has 0 aliphatic carbocycles. The molecule has 0 saturated carbocycles. The Labute approximate surface area is 291 Å². The van der Waals surface area contributed by atoms with Crippen LogP contribution in [0.3, 0.4) is 0 Å². The number of pyridine rings is 4. The summed E-state index contributed by atoms with van der Waals surface area (Å²) in [6.07, 6.45) is 8.67. The van der Waals surface area contributed by atoms with Crippen molar-refractivity contribution in [3.8, 4) is 11.1 Å². The normalized spacial score (nSPS) is 18.3. The molecule has 10 nitrogen and oxygen atoms in total. The molecule has 8 rings (SSSR count). The van der Waals surface area contributed by atoms with Crippen LogP contribution >= 0.6 is 0 Å². The van der Waals surface area contributed by atoms with Crippen LogP contribution in [0.15, 0.2) is 85.5 Å².